The van der Waals surface area contributed by atoms with Crippen LogP contribution in [-0.2, 0) is 11.8 Å². The van der Waals surface area contributed by atoms with Gasteiger partial charge in [-0.05, 0) is 114 Å². The molecule has 0 heterocycles. The van der Waals surface area contributed by atoms with Gasteiger partial charge in [0, 0.05) is 11.3 Å². The molecule has 262 valence electrons. The number of nitriles is 1. The Balaban J connectivity index is -0.00000108. The van der Waals surface area contributed by atoms with E-state index < -0.39 is 0 Å². The molecule has 0 aromatic heterocycles. The predicted molar refractivity (Wildman–Crippen MR) is 218 cm³/mol. The molecule has 0 radical (unpaired) electrons. The van der Waals surface area contributed by atoms with E-state index in [1.54, 1.807) is 0 Å². The fraction of sp³-hybridized carbons (Fsp3) is 0.489. The van der Waals surface area contributed by atoms with Crippen molar-refractivity contribution in [3.8, 4) is 6.07 Å². The molecule has 0 saturated carbocycles. The lowest BCUT2D eigenvalue weighted by atomic mass is 9.70. The van der Waals surface area contributed by atoms with Crippen LogP contribution in [-0.4, -0.2) is 5.88 Å². The molecular weight excluding hydrogens is 590 g/mol. The van der Waals surface area contributed by atoms with E-state index in [9.17, 15) is 5.26 Å². The molecule has 2 rings (SSSR count). The Morgan fingerprint density at radius 2 is 1.40 bits per heavy atom. The second-order valence-electron chi connectivity index (χ2n) is 13.4. The minimum Gasteiger partial charge on any atom is -0.192 e. The molecule has 1 aromatic rings. The second kappa shape index (κ2) is 26.9. The number of alkyl halides is 1. The Labute approximate surface area is 298 Å². The van der Waals surface area contributed by atoms with Crippen LogP contribution in [0.5, 0.6) is 0 Å². The molecule has 1 aliphatic carbocycles. The number of rotatable bonds is 8. The molecule has 0 fully saturated rings. The summed E-state index contributed by atoms with van der Waals surface area (Å²) in [7, 11) is 0. The molecule has 0 atom stereocenters. The Morgan fingerprint density at radius 1 is 0.915 bits per heavy atom. The Morgan fingerprint density at radius 3 is 1.79 bits per heavy atom. The molecule has 2 heteroatoms. The zero-order valence-electron chi connectivity index (χ0n) is 33.2. The third-order valence-corrected chi connectivity index (χ3v) is 7.28. The van der Waals surface area contributed by atoms with Crippen molar-refractivity contribution in [2.75, 3.05) is 5.88 Å². The van der Waals surface area contributed by atoms with Gasteiger partial charge in [0.2, 0.25) is 0 Å². The van der Waals surface area contributed by atoms with Crippen molar-refractivity contribution in [2.24, 2.45) is 0 Å². The van der Waals surface area contributed by atoms with Gasteiger partial charge in [-0.25, -0.2) is 0 Å². The summed E-state index contributed by atoms with van der Waals surface area (Å²) in [5.41, 5.74) is 14.2. The number of hydrogen-bond acceptors (Lipinski definition) is 1. The van der Waals surface area contributed by atoms with Crippen LogP contribution < -0.4 is 0 Å². The van der Waals surface area contributed by atoms with Crippen LogP contribution >= 0.6 is 11.6 Å². The molecular formula is C45H70ClN. The van der Waals surface area contributed by atoms with E-state index in [4.69, 9.17) is 11.6 Å². The van der Waals surface area contributed by atoms with E-state index in [1.807, 2.05) is 39.8 Å². The topological polar surface area (TPSA) is 23.8 Å². The lowest BCUT2D eigenvalue weighted by Crippen LogP contribution is -2.24. The zero-order valence-corrected chi connectivity index (χ0v) is 34.0. The molecule has 1 nitrogen and oxygen atoms in total. The van der Waals surface area contributed by atoms with Gasteiger partial charge in [0.1, 0.15) is 0 Å². The molecule has 0 unspecified atom stereocenters. The van der Waals surface area contributed by atoms with E-state index in [0.717, 1.165) is 47.1 Å². The maximum Gasteiger partial charge on any atom is 0.0994 e. The standard InChI is InChI=1S/C31H39N.C4H7Cl.C4H8.2C3H8/c1-10-25-16-14-23(6)29(18-25)31(8,9)30-19-26(17-15-24(30)7)27(20-32)12-11-13-28(21(2)3)22(4)5;1-4(2)3-5;1-4(2)3;2*1-3-2/h11-14,16,18-19H,2,10,15,17H2,1,3-9H3;1,3H2,2H3;1H2,2-3H3;2*3H2,1-2H3/b13-11+,27-12+;;;;. The molecule has 0 spiro atoms. The Hall–Kier alpha value is -3.08. The third kappa shape index (κ3) is 20.7. The normalized spacial score (nSPS) is 12.3. The van der Waals surface area contributed by atoms with Crippen molar-refractivity contribution in [3.05, 3.63) is 129 Å². The van der Waals surface area contributed by atoms with Crippen LogP contribution in [0, 0.1) is 18.3 Å². The lowest BCUT2D eigenvalue weighted by molar-refractivity contribution is 0.614. The van der Waals surface area contributed by atoms with Crippen LogP contribution in [0.15, 0.2) is 112 Å². The molecule has 0 bridgehead atoms. The van der Waals surface area contributed by atoms with E-state index in [2.05, 4.69) is 132 Å². The highest BCUT2D eigenvalue weighted by molar-refractivity contribution is 6.19. The van der Waals surface area contributed by atoms with Crippen molar-refractivity contribution in [3.63, 3.8) is 0 Å². The number of halogens is 1. The number of hydrogen-bond donors (Lipinski definition) is 0. The largest absolute Gasteiger partial charge is 0.192 e. The molecule has 0 saturated heterocycles. The highest BCUT2D eigenvalue weighted by atomic mass is 35.5. The summed E-state index contributed by atoms with van der Waals surface area (Å²) in [5.74, 6) is 0.583. The van der Waals surface area contributed by atoms with E-state index in [0.29, 0.717) is 5.88 Å². The summed E-state index contributed by atoms with van der Waals surface area (Å²) in [6.45, 7) is 43.0. The zero-order chi connectivity index (χ0) is 37.3. The average Bonchev–Trinajstić information content (AvgIpc) is 2.98. The van der Waals surface area contributed by atoms with Gasteiger partial charge in [-0.15, -0.1) is 18.2 Å². The summed E-state index contributed by atoms with van der Waals surface area (Å²) >= 11 is 5.24. The first-order valence-electron chi connectivity index (χ1n) is 17.3. The van der Waals surface area contributed by atoms with Gasteiger partial charge in [0.05, 0.1) is 11.6 Å². The average molecular weight is 661 g/mol. The van der Waals surface area contributed by atoms with Crippen LogP contribution in [0.25, 0.3) is 0 Å². The van der Waals surface area contributed by atoms with Gasteiger partial charge < -0.3 is 0 Å². The van der Waals surface area contributed by atoms with Gasteiger partial charge in [-0.1, -0.05) is 139 Å². The highest BCUT2D eigenvalue weighted by Gasteiger charge is 2.30. The minimum absolute atomic E-state index is 0.114. The molecule has 0 amide bonds. The minimum atomic E-state index is -0.114. The molecule has 47 heavy (non-hydrogen) atoms. The number of allylic oxidation sites excluding steroid dienone is 13. The summed E-state index contributed by atoms with van der Waals surface area (Å²) in [4.78, 5) is 0. The molecule has 1 aliphatic rings. The number of benzene rings is 1. The van der Waals surface area contributed by atoms with Crippen LogP contribution in [0.2, 0.25) is 0 Å². The Bertz CT molecular complexity index is 1320. The molecule has 0 N–H and O–H groups in total. The van der Waals surface area contributed by atoms with Gasteiger partial charge >= 0.3 is 0 Å². The molecule has 1 aromatic carbocycles. The lowest BCUT2D eigenvalue weighted by Gasteiger charge is -2.33. The van der Waals surface area contributed by atoms with Gasteiger partial charge in [-0.2, -0.15) is 5.26 Å². The maximum atomic E-state index is 9.91. The van der Waals surface area contributed by atoms with Crippen molar-refractivity contribution in [1.82, 2.24) is 0 Å². The first-order valence-corrected chi connectivity index (χ1v) is 17.8. The SMILES string of the molecule is C=C(C)C.C=C(C)C(/C=C/C=C(\C#N)C1=CC(C(C)(C)c2cc(CC)ccc2C)=C(C)CC1)=C(C)C.C=C(C)CCl.CCC.CCC. The highest BCUT2D eigenvalue weighted by Crippen LogP contribution is 2.41. The van der Waals surface area contributed by atoms with Crippen molar-refractivity contribution in [2.45, 2.75) is 141 Å². The van der Waals surface area contributed by atoms with Crippen LogP contribution in [0.1, 0.15) is 139 Å². The van der Waals surface area contributed by atoms with Crippen LogP contribution in [0.3, 0.4) is 0 Å². The fourth-order valence-electron chi connectivity index (χ4n) is 4.65. The van der Waals surface area contributed by atoms with Gasteiger partial charge in [0.25, 0.3) is 0 Å². The molecule has 0 aliphatic heterocycles. The Kier molecular flexibility index (Phi) is 27.7. The van der Waals surface area contributed by atoms with Crippen molar-refractivity contribution < 1.29 is 0 Å². The van der Waals surface area contributed by atoms with Crippen molar-refractivity contribution in [1.29, 1.82) is 5.26 Å². The summed E-state index contributed by atoms with van der Waals surface area (Å²) in [6.07, 6.45) is 13.7. The summed E-state index contributed by atoms with van der Waals surface area (Å²) in [5, 5.41) is 9.91. The van der Waals surface area contributed by atoms with Crippen molar-refractivity contribution >= 4 is 11.6 Å². The van der Waals surface area contributed by atoms with Gasteiger partial charge in [0.15, 0.2) is 0 Å². The quantitative estimate of drug-likeness (QED) is 0.118. The fourth-order valence-corrected chi connectivity index (χ4v) is 4.65. The number of nitrogens with zero attached hydrogens (tertiary/aromatic N) is 1. The third-order valence-electron chi connectivity index (χ3n) is 6.82. The van der Waals surface area contributed by atoms with Crippen LogP contribution in [0.4, 0.5) is 0 Å². The summed E-state index contributed by atoms with van der Waals surface area (Å²) < 4.78 is 0. The number of aryl methyl sites for hydroxylation is 2. The monoisotopic (exact) mass is 660 g/mol. The van der Waals surface area contributed by atoms with E-state index >= 15 is 0 Å². The smallest absolute Gasteiger partial charge is 0.0994 e. The predicted octanol–water partition coefficient (Wildman–Crippen LogP) is 15.0. The first kappa shape index (κ1) is 48.3. The maximum absolute atomic E-state index is 9.91. The van der Waals surface area contributed by atoms with Gasteiger partial charge in [-0.3, -0.25) is 0 Å². The van der Waals surface area contributed by atoms with E-state index in [-0.39, 0.29) is 5.41 Å². The second-order valence-corrected chi connectivity index (χ2v) is 13.7. The first-order chi connectivity index (χ1) is 21.9. The summed E-state index contributed by atoms with van der Waals surface area (Å²) in [6, 6.07) is 9.27. The van der Waals surface area contributed by atoms with E-state index in [1.165, 1.54) is 51.8 Å².